The van der Waals surface area contributed by atoms with Crippen molar-refractivity contribution in [2.75, 3.05) is 39.6 Å². The molecule has 2 atom stereocenters. The van der Waals surface area contributed by atoms with Gasteiger partial charge in [0.1, 0.15) is 0 Å². The van der Waals surface area contributed by atoms with Gasteiger partial charge in [-0.3, -0.25) is 47.9 Å². The molecule has 0 saturated carbocycles. The van der Waals surface area contributed by atoms with Crippen LogP contribution in [0.2, 0.25) is 0 Å². The molecule has 0 aliphatic rings. The maximum absolute atomic E-state index is 11.4. The van der Waals surface area contributed by atoms with Crippen LogP contribution in [0.3, 0.4) is 0 Å². The van der Waals surface area contributed by atoms with Gasteiger partial charge in [0, 0.05) is 0 Å². The Kier molecular flexibility index (Phi) is 38.8. The Bertz CT molecular complexity index is 1990. The van der Waals surface area contributed by atoms with E-state index in [9.17, 15) is 92.3 Å². The zero-order chi connectivity index (χ0) is 61.7. The average molecular weight is 1130 g/mol. The van der Waals surface area contributed by atoms with Gasteiger partial charge in [-0.05, 0) is 41.5 Å². The van der Waals surface area contributed by atoms with Crippen LogP contribution < -0.4 is 0 Å². The predicted octanol–water partition coefficient (Wildman–Crippen LogP) is -3.37. The average Bonchev–Trinajstić information content (AvgIpc) is 3.23. The molecule has 0 aromatic carbocycles. The number of aliphatic hydroxyl groups is 5. The zero-order valence-electron chi connectivity index (χ0n) is 42.1. The van der Waals surface area contributed by atoms with Gasteiger partial charge in [-0.2, -0.15) is 0 Å². The summed E-state index contributed by atoms with van der Waals surface area (Å²) in [4.78, 5) is 160. The van der Waals surface area contributed by atoms with Gasteiger partial charge in [-0.15, -0.1) is 0 Å². The van der Waals surface area contributed by atoms with Gasteiger partial charge in [0.15, 0.2) is 28.0 Å². The van der Waals surface area contributed by atoms with Gasteiger partial charge in [-0.1, -0.05) is 0 Å². The molecule has 0 rings (SSSR count). The number of ether oxygens (including phenoxy) is 6. The van der Waals surface area contributed by atoms with Crippen molar-refractivity contribution in [3.63, 3.8) is 0 Å². The first-order chi connectivity index (χ1) is 35.1. The highest BCUT2D eigenvalue weighted by Gasteiger charge is 2.45. The molecule has 0 saturated heterocycles. The van der Waals surface area contributed by atoms with E-state index in [0.29, 0.717) is 0 Å². The lowest BCUT2D eigenvalue weighted by molar-refractivity contribution is -0.176. The van der Waals surface area contributed by atoms with Crippen molar-refractivity contribution in [1.82, 2.24) is 0 Å². The number of rotatable bonds is 31. The van der Waals surface area contributed by atoms with Gasteiger partial charge >= 0.3 is 89.5 Å². The molecule has 0 fully saturated rings. The summed E-state index contributed by atoms with van der Waals surface area (Å²) in [6.45, 7) is 9.25. The van der Waals surface area contributed by atoms with E-state index in [0.717, 1.165) is 0 Å². The van der Waals surface area contributed by atoms with Crippen LogP contribution in [-0.4, -0.2) is 229 Å². The Balaban J connectivity index is -0.000000281. The highest BCUT2D eigenvalue weighted by molar-refractivity contribution is 5.92. The lowest BCUT2D eigenvalue weighted by Crippen LogP contribution is -2.44. The molecule has 0 heterocycles. The number of carboxylic acid groups (broad SMARTS) is 9. The maximum atomic E-state index is 11.4. The summed E-state index contributed by atoms with van der Waals surface area (Å²) in [6.07, 6.45) is -9.48. The second-order valence-electron chi connectivity index (χ2n) is 14.9. The van der Waals surface area contributed by atoms with Crippen LogP contribution >= 0.6 is 0 Å². The number of hydrogen-bond donors (Lipinski definition) is 14. The Hall–Kier alpha value is -8.15. The van der Waals surface area contributed by atoms with E-state index in [1.165, 1.54) is 20.8 Å². The smallest absolute Gasteiger partial charge is 0.339 e. The van der Waals surface area contributed by atoms with E-state index >= 15 is 0 Å². The highest BCUT2D eigenvalue weighted by atomic mass is 16.6. The van der Waals surface area contributed by atoms with Crippen LogP contribution in [-0.2, 0) is 100 Å². The number of esters is 6. The summed E-state index contributed by atoms with van der Waals surface area (Å²) >= 11 is 0. The highest BCUT2D eigenvalue weighted by Crippen LogP contribution is 2.21. The normalized spacial score (nSPS) is 12.0. The van der Waals surface area contributed by atoms with E-state index in [4.69, 9.17) is 51.1 Å². The summed E-state index contributed by atoms with van der Waals surface area (Å²) in [6, 6.07) is 0. The van der Waals surface area contributed by atoms with Crippen LogP contribution in [0.1, 0.15) is 106 Å². The Morgan fingerprint density at radius 1 is 0.247 bits per heavy atom. The first kappa shape index (κ1) is 77.7. The minimum absolute atomic E-state index is 0.0242. The van der Waals surface area contributed by atoms with Gasteiger partial charge in [-0.25, -0.2) is 24.0 Å². The molecule has 0 aromatic heterocycles. The Morgan fingerprint density at radius 3 is 0.558 bits per heavy atom. The maximum Gasteiger partial charge on any atom is 0.339 e. The molecule has 0 spiro atoms. The molecule has 0 bridgehead atoms. The summed E-state index contributed by atoms with van der Waals surface area (Å²) in [7, 11) is 0. The Morgan fingerprint density at radius 2 is 0.390 bits per heavy atom. The number of hydrogen-bond acceptors (Lipinski definition) is 26. The minimum Gasteiger partial charge on any atom is -0.481 e. The van der Waals surface area contributed by atoms with Crippen LogP contribution in [0.15, 0.2) is 0 Å². The first-order valence-electron chi connectivity index (χ1n) is 21.7. The molecule has 77 heavy (non-hydrogen) atoms. The second kappa shape index (κ2) is 38.4. The number of aliphatic carboxylic acids is 9. The second-order valence-corrected chi connectivity index (χ2v) is 14.9. The molecule has 35 heteroatoms. The summed E-state index contributed by atoms with van der Waals surface area (Å²) < 4.78 is 26.9. The van der Waals surface area contributed by atoms with Crippen molar-refractivity contribution in [1.29, 1.82) is 0 Å². The molecule has 0 aliphatic carbocycles. The molecule has 0 aliphatic heterocycles. The Labute approximate surface area is 434 Å². The predicted molar refractivity (Wildman–Crippen MR) is 239 cm³/mol. The van der Waals surface area contributed by atoms with E-state index in [2.05, 4.69) is 28.4 Å². The molecule has 442 valence electrons. The SMILES string of the molecule is CCOC(=O)C(O)(CC(=O)O)CC(=O)O.CCOC(=O)CC(O)(CC(=O)O)C(=O)O.CCOC(=O)CC(O)(CC(=O)O)C(=O)OCC.CCOC(=O)CC(O)(CC(=O)OCC)C(=O)O.O=C(O)CC(O)(CC(=O)O)C(=O)O. The fourth-order valence-electron chi connectivity index (χ4n) is 4.89. The zero-order valence-corrected chi connectivity index (χ0v) is 42.1. The third-order valence-corrected chi connectivity index (χ3v) is 8.14. The molecule has 14 N–H and O–H groups in total. The van der Waals surface area contributed by atoms with Crippen LogP contribution in [0.4, 0.5) is 0 Å². The molecule has 2 unspecified atom stereocenters. The fourth-order valence-corrected chi connectivity index (χ4v) is 4.89. The topological polar surface area (TPSA) is 595 Å². The quantitative estimate of drug-likeness (QED) is 0.0238. The monoisotopic (exact) mass is 1130 g/mol. The summed E-state index contributed by atoms with van der Waals surface area (Å²) in [5.41, 5.74) is -12.7. The van der Waals surface area contributed by atoms with Gasteiger partial charge in [0.25, 0.3) is 0 Å². The first-order valence-corrected chi connectivity index (χ1v) is 21.7. The summed E-state index contributed by atoms with van der Waals surface area (Å²) in [5, 5.41) is 123. The molecule has 0 radical (unpaired) electrons. The standard InChI is InChI=1S/2C10H16O7.2C8H12O7.C6H8O7/c1-3-16-7(11)5-10(15,9(13)14)6-8(12)17-4-2;1-3-16-8(13)6-10(15,5-7(11)12)9(14)17-4-2;1-2-15-6(11)4-8(14,7(12)13)3-5(9)10;1-2-15-7(13)8(14,3-5(9)10)4-6(11)12;7-3(8)1-6(13,5(11)12)2-4(9)10/h15H,3-6H2,1-2H3,(H,13,14);15H,3-6H2,1-2H3,(H,11,12);14H,2-4H2,1H3,(H,9,10)(H,12,13);14H,2-4H2,1H3,(H,9,10)(H,11,12);13H,1-2H2,(H,7,8)(H,9,10)(H,11,12). The van der Waals surface area contributed by atoms with E-state index in [-0.39, 0.29) is 39.6 Å². The fraction of sp³-hybridized carbons (Fsp3) is 0.643. The van der Waals surface area contributed by atoms with Crippen LogP contribution in [0.5, 0.6) is 0 Å². The summed E-state index contributed by atoms with van der Waals surface area (Å²) in [5.74, 6) is -20.3. The van der Waals surface area contributed by atoms with Gasteiger partial charge in [0.05, 0.1) is 104 Å². The van der Waals surface area contributed by atoms with Gasteiger partial charge < -0.3 is 99.9 Å². The lowest BCUT2D eigenvalue weighted by atomic mass is 9.96. The minimum atomic E-state index is -2.74. The van der Waals surface area contributed by atoms with Crippen molar-refractivity contribution in [2.24, 2.45) is 0 Å². The largest absolute Gasteiger partial charge is 0.481 e. The third-order valence-electron chi connectivity index (χ3n) is 8.14. The van der Waals surface area contributed by atoms with E-state index in [1.807, 2.05) is 0 Å². The molecule has 0 amide bonds. The number of carbonyl (C=O) groups excluding carboxylic acids is 6. The van der Waals surface area contributed by atoms with E-state index < -0.39 is 182 Å². The lowest BCUT2D eigenvalue weighted by Gasteiger charge is -2.22. The van der Waals surface area contributed by atoms with E-state index in [1.54, 1.807) is 20.8 Å². The van der Waals surface area contributed by atoms with Crippen molar-refractivity contribution in [2.45, 2.75) is 134 Å². The van der Waals surface area contributed by atoms with Crippen molar-refractivity contribution in [3.05, 3.63) is 0 Å². The van der Waals surface area contributed by atoms with Crippen molar-refractivity contribution in [3.8, 4) is 0 Å². The van der Waals surface area contributed by atoms with Crippen molar-refractivity contribution >= 4 is 89.5 Å². The molecule has 35 nitrogen and oxygen atoms in total. The third kappa shape index (κ3) is 36.4. The molecule has 0 aromatic rings. The van der Waals surface area contributed by atoms with Crippen molar-refractivity contribution < 1.29 is 172 Å². The van der Waals surface area contributed by atoms with Crippen LogP contribution in [0.25, 0.3) is 0 Å². The molecular weight excluding hydrogens is 1060 g/mol. The molecular formula is C42H64O35. The number of carboxylic acids is 9. The van der Waals surface area contributed by atoms with Crippen LogP contribution in [0, 0.1) is 0 Å². The number of carbonyl (C=O) groups is 15. The van der Waals surface area contributed by atoms with Gasteiger partial charge in [0.2, 0.25) is 0 Å².